The van der Waals surface area contributed by atoms with E-state index >= 15 is 0 Å². The molecule has 0 saturated carbocycles. The number of sulfone groups is 1. The van der Waals surface area contributed by atoms with E-state index in [-0.39, 0.29) is 29.2 Å². The SMILES string of the molecule is Cc1ccc(C(=O)NC2CCS(=O)(=O)C2)cc1NC(=O)c1ccco1. The minimum absolute atomic E-state index is 0.0350. The van der Waals surface area contributed by atoms with Gasteiger partial charge in [0.2, 0.25) is 0 Å². The lowest BCUT2D eigenvalue weighted by Crippen LogP contribution is -2.35. The fourth-order valence-corrected chi connectivity index (χ4v) is 4.34. The Morgan fingerprint density at radius 3 is 2.64 bits per heavy atom. The van der Waals surface area contributed by atoms with Crippen LogP contribution in [0.3, 0.4) is 0 Å². The molecule has 132 valence electrons. The number of carbonyl (C=O) groups is 2. The lowest BCUT2D eigenvalue weighted by atomic mass is 10.1. The lowest BCUT2D eigenvalue weighted by molar-refractivity contribution is 0.0939. The van der Waals surface area contributed by atoms with E-state index in [1.54, 1.807) is 30.3 Å². The summed E-state index contributed by atoms with van der Waals surface area (Å²) in [6.45, 7) is 1.81. The largest absolute Gasteiger partial charge is 0.459 e. The summed E-state index contributed by atoms with van der Waals surface area (Å²) >= 11 is 0. The Balaban J connectivity index is 1.72. The van der Waals surface area contributed by atoms with E-state index in [9.17, 15) is 18.0 Å². The minimum atomic E-state index is -3.06. The number of furan rings is 1. The van der Waals surface area contributed by atoms with E-state index in [0.29, 0.717) is 17.7 Å². The highest BCUT2D eigenvalue weighted by atomic mass is 32.2. The maximum absolute atomic E-state index is 12.4. The van der Waals surface area contributed by atoms with Crippen molar-refractivity contribution in [3.8, 4) is 0 Å². The molecule has 1 aliphatic rings. The molecule has 1 unspecified atom stereocenters. The topological polar surface area (TPSA) is 105 Å². The molecule has 1 aromatic carbocycles. The first-order valence-corrected chi connectivity index (χ1v) is 9.63. The monoisotopic (exact) mass is 362 g/mol. The summed E-state index contributed by atoms with van der Waals surface area (Å²) in [5, 5.41) is 5.44. The van der Waals surface area contributed by atoms with Gasteiger partial charge in [0, 0.05) is 17.3 Å². The molecule has 2 N–H and O–H groups in total. The van der Waals surface area contributed by atoms with Crippen molar-refractivity contribution in [3.05, 3.63) is 53.5 Å². The van der Waals surface area contributed by atoms with Crippen LogP contribution in [0.15, 0.2) is 41.0 Å². The van der Waals surface area contributed by atoms with Crippen LogP contribution in [0.25, 0.3) is 0 Å². The van der Waals surface area contributed by atoms with Gasteiger partial charge in [-0.1, -0.05) is 6.07 Å². The second-order valence-electron chi connectivity index (χ2n) is 6.03. The normalized spacial score (nSPS) is 18.7. The summed E-state index contributed by atoms with van der Waals surface area (Å²) in [5.41, 5.74) is 1.64. The molecule has 1 aliphatic heterocycles. The molecule has 0 bridgehead atoms. The Morgan fingerprint density at radius 1 is 1.20 bits per heavy atom. The molecule has 2 heterocycles. The summed E-state index contributed by atoms with van der Waals surface area (Å²) in [6.07, 6.45) is 1.82. The average molecular weight is 362 g/mol. The van der Waals surface area contributed by atoms with Crippen LogP contribution in [0.1, 0.15) is 32.9 Å². The zero-order valence-corrected chi connectivity index (χ0v) is 14.4. The first-order valence-electron chi connectivity index (χ1n) is 7.81. The van der Waals surface area contributed by atoms with Crippen LogP contribution in [-0.2, 0) is 9.84 Å². The van der Waals surface area contributed by atoms with Crippen LogP contribution >= 0.6 is 0 Å². The van der Waals surface area contributed by atoms with Crippen molar-refractivity contribution in [1.29, 1.82) is 0 Å². The van der Waals surface area contributed by atoms with Gasteiger partial charge < -0.3 is 15.1 Å². The van der Waals surface area contributed by atoms with Gasteiger partial charge in [0.25, 0.3) is 11.8 Å². The smallest absolute Gasteiger partial charge is 0.291 e. The van der Waals surface area contributed by atoms with Crippen molar-refractivity contribution < 1.29 is 22.4 Å². The molecule has 1 saturated heterocycles. The number of hydrogen-bond acceptors (Lipinski definition) is 5. The van der Waals surface area contributed by atoms with Gasteiger partial charge in [-0.15, -0.1) is 0 Å². The summed E-state index contributed by atoms with van der Waals surface area (Å²) < 4.78 is 28.0. The highest BCUT2D eigenvalue weighted by Crippen LogP contribution is 2.19. The number of amides is 2. The third-order valence-corrected chi connectivity index (χ3v) is 5.83. The number of aryl methyl sites for hydroxylation is 1. The number of rotatable bonds is 4. The Labute approximate surface area is 145 Å². The molecule has 1 atom stereocenters. The highest BCUT2D eigenvalue weighted by Gasteiger charge is 2.29. The average Bonchev–Trinajstić information content (AvgIpc) is 3.19. The Kier molecular flexibility index (Phi) is 4.63. The molecule has 25 heavy (non-hydrogen) atoms. The van der Waals surface area contributed by atoms with Gasteiger partial charge in [0.1, 0.15) is 0 Å². The van der Waals surface area contributed by atoms with E-state index in [4.69, 9.17) is 4.42 Å². The predicted molar refractivity (Wildman–Crippen MR) is 92.4 cm³/mol. The first-order chi connectivity index (χ1) is 11.8. The lowest BCUT2D eigenvalue weighted by Gasteiger charge is -2.13. The van der Waals surface area contributed by atoms with Crippen LogP contribution in [-0.4, -0.2) is 37.8 Å². The van der Waals surface area contributed by atoms with E-state index in [1.807, 2.05) is 6.92 Å². The zero-order chi connectivity index (χ0) is 18.0. The summed E-state index contributed by atoms with van der Waals surface area (Å²) in [5.74, 6) is -0.545. The second-order valence-corrected chi connectivity index (χ2v) is 8.26. The van der Waals surface area contributed by atoms with Gasteiger partial charge in [-0.2, -0.15) is 0 Å². The summed E-state index contributed by atoms with van der Waals surface area (Å²) in [7, 11) is -3.06. The van der Waals surface area contributed by atoms with Crippen molar-refractivity contribution in [3.63, 3.8) is 0 Å². The molecule has 0 spiro atoms. The predicted octanol–water partition coefficient (Wildman–Crippen LogP) is 1.76. The second kappa shape index (κ2) is 6.72. The quantitative estimate of drug-likeness (QED) is 0.862. The molecule has 1 fully saturated rings. The van der Waals surface area contributed by atoms with Gasteiger partial charge in [-0.25, -0.2) is 8.42 Å². The Morgan fingerprint density at radius 2 is 2.00 bits per heavy atom. The zero-order valence-electron chi connectivity index (χ0n) is 13.6. The molecule has 7 nitrogen and oxygen atoms in total. The first kappa shape index (κ1) is 17.2. The Bertz CT molecular complexity index is 903. The number of carbonyl (C=O) groups excluding carboxylic acids is 2. The fourth-order valence-electron chi connectivity index (χ4n) is 2.67. The van der Waals surface area contributed by atoms with Crippen LogP contribution in [0.2, 0.25) is 0 Å². The minimum Gasteiger partial charge on any atom is -0.459 e. The molecule has 2 amide bonds. The van der Waals surface area contributed by atoms with Crippen molar-refractivity contribution in [1.82, 2.24) is 5.32 Å². The van der Waals surface area contributed by atoms with E-state index < -0.39 is 15.7 Å². The van der Waals surface area contributed by atoms with E-state index in [0.717, 1.165) is 5.56 Å². The maximum atomic E-state index is 12.4. The van der Waals surface area contributed by atoms with Crippen molar-refractivity contribution in [2.75, 3.05) is 16.8 Å². The van der Waals surface area contributed by atoms with Crippen LogP contribution in [0.5, 0.6) is 0 Å². The molecule has 2 aromatic rings. The fraction of sp³-hybridized carbons (Fsp3) is 0.294. The van der Waals surface area contributed by atoms with Crippen LogP contribution in [0, 0.1) is 6.92 Å². The Hall–Kier alpha value is -2.61. The molecular weight excluding hydrogens is 344 g/mol. The van der Waals surface area contributed by atoms with Gasteiger partial charge >= 0.3 is 0 Å². The van der Waals surface area contributed by atoms with Gasteiger partial charge in [0.15, 0.2) is 15.6 Å². The van der Waals surface area contributed by atoms with Crippen molar-refractivity contribution in [2.24, 2.45) is 0 Å². The van der Waals surface area contributed by atoms with E-state index in [2.05, 4.69) is 10.6 Å². The van der Waals surface area contributed by atoms with Gasteiger partial charge in [-0.05, 0) is 43.2 Å². The highest BCUT2D eigenvalue weighted by molar-refractivity contribution is 7.91. The maximum Gasteiger partial charge on any atom is 0.291 e. The third-order valence-electron chi connectivity index (χ3n) is 4.06. The summed E-state index contributed by atoms with van der Waals surface area (Å²) in [4.78, 5) is 24.4. The van der Waals surface area contributed by atoms with Crippen molar-refractivity contribution >= 4 is 27.3 Å². The molecule has 0 aliphatic carbocycles. The third kappa shape index (κ3) is 4.08. The van der Waals surface area contributed by atoms with Gasteiger partial charge in [-0.3, -0.25) is 9.59 Å². The van der Waals surface area contributed by atoms with E-state index in [1.165, 1.54) is 6.26 Å². The number of benzene rings is 1. The number of anilines is 1. The number of nitrogens with one attached hydrogen (secondary N) is 2. The van der Waals surface area contributed by atoms with Crippen LogP contribution < -0.4 is 10.6 Å². The molecule has 1 aromatic heterocycles. The van der Waals surface area contributed by atoms with Gasteiger partial charge in [0.05, 0.1) is 17.8 Å². The molecule has 3 rings (SSSR count). The molecular formula is C17H18N2O5S. The molecule has 8 heteroatoms. The van der Waals surface area contributed by atoms with Crippen molar-refractivity contribution in [2.45, 2.75) is 19.4 Å². The van der Waals surface area contributed by atoms with Crippen LogP contribution in [0.4, 0.5) is 5.69 Å². The summed E-state index contributed by atoms with van der Waals surface area (Å²) in [6, 6.07) is 7.70. The standard InChI is InChI=1S/C17H18N2O5S/c1-11-4-5-12(16(20)18-13-6-8-25(22,23)10-13)9-14(11)19-17(21)15-3-2-7-24-15/h2-5,7,9,13H,6,8,10H2,1H3,(H,18,20)(H,19,21). The number of hydrogen-bond donors (Lipinski definition) is 2. The molecule has 0 radical (unpaired) electrons.